The van der Waals surface area contributed by atoms with Crippen molar-refractivity contribution in [2.45, 2.75) is 13.5 Å². The maximum atomic E-state index is 11.9. The molecule has 0 atom stereocenters. The number of thiophene rings is 1. The summed E-state index contributed by atoms with van der Waals surface area (Å²) in [5.41, 5.74) is -0.863. The minimum absolute atomic E-state index is 0.0564. The summed E-state index contributed by atoms with van der Waals surface area (Å²) in [4.78, 5) is 35.0. The van der Waals surface area contributed by atoms with Crippen molar-refractivity contribution < 1.29 is 9.90 Å². The highest BCUT2D eigenvalue weighted by Crippen LogP contribution is 2.21. The normalized spacial score (nSPS) is 10.9. The van der Waals surface area contributed by atoms with E-state index in [4.69, 9.17) is 5.11 Å². The van der Waals surface area contributed by atoms with Gasteiger partial charge in [0.1, 0.15) is 9.71 Å². The van der Waals surface area contributed by atoms with Gasteiger partial charge in [-0.3, -0.25) is 13.9 Å². The van der Waals surface area contributed by atoms with Crippen molar-refractivity contribution in [3.8, 4) is 0 Å². The quantitative estimate of drug-likeness (QED) is 0.845. The first-order valence-electron chi connectivity index (χ1n) is 4.94. The van der Waals surface area contributed by atoms with Crippen LogP contribution in [0.4, 0.5) is 0 Å². The number of carboxylic acids is 1. The van der Waals surface area contributed by atoms with Gasteiger partial charge in [-0.15, -0.1) is 11.3 Å². The molecular weight excluding hydrogens is 244 g/mol. The highest BCUT2D eigenvalue weighted by Gasteiger charge is 2.16. The van der Waals surface area contributed by atoms with E-state index in [1.54, 1.807) is 6.92 Å². The van der Waals surface area contributed by atoms with Crippen LogP contribution in [0.25, 0.3) is 10.2 Å². The van der Waals surface area contributed by atoms with Gasteiger partial charge in [-0.25, -0.2) is 9.59 Å². The Morgan fingerprint density at radius 2 is 2.12 bits per heavy atom. The van der Waals surface area contributed by atoms with E-state index in [2.05, 4.69) is 0 Å². The Kier molecular flexibility index (Phi) is 2.62. The van der Waals surface area contributed by atoms with Crippen molar-refractivity contribution in [3.63, 3.8) is 0 Å². The largest absolute Gasteiger partial charge is 0.477 e. The fraction of sp³-hybridized carbons (Fsp3) is 0.300. The van der Waals surface area contributed by atoms with Crippen LogP contribution in [-0.4, -0.2) is 20.2 Å². The van der Waals surface area contributed by atoms with Crippen LogP contribution < -0.4 is 11.2 Å². The fourth-order valence-corrected chi connectivity index (χ4v) is 2.61. The second-order valence-electron chi connectivity index (χ2n) is 3.53. The summed E-state index contributed by atoms with van der Waals surface area (Å²) < 4.78 is 2.39. The minimum atomic E-state index is -1.10. The molecule has 6 nitrogen and oxygen atoms in total. The van der Waals surface area contributed by atoms with Crippen LogP contribution >= 0.6 is 11.3 Å². The van der Waals surface area contributed by atoms with Crippen molar-refractivity contribution >= 4 is 27.5 Å². The summed E-state index contributed by atoms with van der Waals surface area (Å²) in [6.45, 7) is 1.96. The molecule has 17 heavy (non-hydrogen) atoms. The Bertz CT molecular complexity index is 722. The molecule has 0 bridgehead atoms. The molecule has 2 aromatic rings. The van der Waals surface area contributed by atoms with Crippen molar-refractivity contribution in [1.29, 1.82) is 0 Å². The van der Waals surface area contributed by atoms with Crippen LogP contribution in [0.3, 0.4) is 0 Å². The number of aryl methyl sites for hydroxylation is 1. The Balaban J connectivity index is 2.99. The summed E-state index contributed by atoms with van der Waals surface area (Å²) in [6.07, 6.45) is 0. The molecule has 0 fully saturated rings. The Labute approximate surface area is 99.4 Å². The van der Waals surface area contributed by atoms with E-state index < -0.39 is 17.2 Å². The van der Waals surface area contributed by atoms with Crippen LogP contribution in [0.1, 0.15) is 16.6 Å². The van der Waals surface area contributed by atoms with Crippen LogP contribution in [0.15, 0.2) is 15.7 Å². The molecule has 0 aliphatic heterocycles. The number of hydrogen-bond acceptors (Lipinski definition) is 4. The Morgan fingerprint density at radius 3 is 2.65 bits per heavy atom. The number of nitrogens with zero attached hydrogens (tertiary/aromatic N) is 2. The standard InChI is InChI=1S/C10H10N2O4S/c1-3-12-7(13)5-4-6(9(14)15)17-8(5)11(2)10(12)16/h4H,3H2,1-2H3,(H,14,15). The summed E-state index contributed by atoms with van der Waals surface area (Å²) in [7, 11) is 1.53. The van der Waals surface area contributed by atoms with Gasteiger partial charge in [-0.2, -0.15) is 0 Å². The van der Waals surface area contributed by atoms with Crippen LogP contribution in [0.5, 0.6) is 0 Å². The van der Waals surface area contributed by atoms with Crippen molar-refractivity contribution in [3.05, 3.63) is 31.8 Å². The molecular formula is C10H10N2O4S. The van der Waals surface area contributed by atoms with Gasteiger partial charge in [-0.1, -0.05) is 0 Å². The SMILES string of the molecule is CCn1c(=O)c2cc(C(=O)O)sc2n(C)c1=O. The van der Waals surface area contributed by atoms with Gasteiger partial charge in [0.05, 0.1) is 5.39 Å². The lowest BCUT2D eigenvalue weighted by Crippen LogP contribution is -2.37. The smallest absolute Gasteiger partial charge is 0.345 e. The lowest BCUT2D eigenvalue weighted by atomic mass is 10.3. The van der Waals surface area contributed by atoms with Crippen LogP contribution in [0.2, 0.25) is 0 Å². The van der Waals surface area contributed by atoms with E-state index >= 15 is 0 Å². The molecule has 0 aliphatic rings. The lowest BCUT2D eigenvalue weighted by Gasteiger charge is -2.04. The average Bonchev–Trinajstić information content (AvgIpc) is 2.72. The zero-order valence-corrected chi connectivity index (χ0v) is 10.1. The predicted octanol–water partition coefficient (Wildman–Crippen LogP) is 0.480. The molecule has 2 aromatic heterocycles. The molecule has 2 rings (SSSR count). The second-order valence-corrected chi connectivity index (χ2v) is 4.56. The number of rotatable bonds is 2. The van der Waals surface area contributed by atoms with Gasteiger partial charge in [-0.05, 0) is 13.0 Å². The van der Waals surface area contributed by atoms with E-state index in [-0.39, 0.29) is 16.8 Å². The molecule has 0 aromatic carbocycles. The van der Waals surface area contributed by atoms with E-state index in [9.17, 15) is 14.4 Å². The third-order valence-electron chi connectivity index (χ3n) is 2.54. The predicted molar refractivity (Wildman–Crippen MR) is 64.0 cm³/mol. The summed E-state index contributed by atoms with van der Waals surface area (Å²) in [5.74, 6) is -1.10. The molecule has 0 unspecified atom stereocenters. The number of hydrogen-bond donors (Lipinski definition) is 1. The van der Waals surface area contributed by atoms with Gasteiger partial charge in [0.25, 0.3) is 5.56 Å². The molecule has 0 aliphatic carbocycles. The minimum Gasteiger partial charge on any atom is -0.477 e. The number of fused-ring (bicyclic) bond motifs is 1. The first kappa shape index (κ1) is 11.6. The van der Waals surface area contributed by atoms with E-state index in [0.29, 0.717) is 4.83 Å². The molecule has 0 spiro atoms. The highest BCUT2D eigenvalue weighted by molar-refractivity contribution is 7.20. The van der Waals surface area contributed by atoms with Gasteiger partial charge >= 0.3 is 11.7 Å². The van der Waals surface area contributed by atoms with Gasteiger partial charge in [0, 0.05) is 13.6 Å². The summed E-state index contributed by atoms with van der Waals surface area (Å²) in [6, 6.07) is 1.32. The van der Waals surface area contributed by atoms with E-state index in [1.165, 1.54) is 17.7 Å². The first-order chi connectivity index (χ1) is 7.97. The zero-order chi connectivity index (χ0) is 12.7. The molecule has 90 valence electrons. The fourth-order valence-electron chi connectivity index (χ4n) is 1.67. The number of aromatic carboxylic acids is 1. The van der Waals surface area contributed by atoms with Gasteiger partial charge in [0.15, 0.2) is 0 Å². The number of aromatic nitrogens is 2. The Morgan fingerprint density at radius 1 is 1.47 bits per heavy atom. The molecule has 0 saturated heterocycles. The monoisotopic (exact) mass is 254 g/mol. The third-order valence-corrected chi connectivity index (χ3v) is 3.74. The molecule has 0 radical (unpaired) electrons. The molecule has 0 saturated carbocycles. The number of carbonyl (C=O) groups is 1. The topological polar surface area (TPSA) is 81.3 Å². The third kappa shape index (κ3) is 1.59. The number of carboxylic acid groups (broad SMARTS) is 1. The van der Waals surface area contributed by atoms with Gasteiger partial charge in [0.2, 0.25) is 0 Å². The second kappa shape index (κ2) is 3.85. The van der Waals surface area contributed by atoms with Crippen molar-refractivity contribution in [2.24, 2.45) is 7.05 Å². The van der Waals surface area contributed by atoms with Gasteiger partial charge < -0.3 is 5.11 Å². The zero-order valence-electron chi connectivity index (χ0n) is 9.26. The Hall–Kier alpha value is -1.89. The lowest BCUT2D eigenvalue weighted by molar-refractivity contribution is 0.0702. The van der Waals surface area contributed by atoms with Crippen molar-refractivity contribution in [2.75, 3.05) is 0 Å². The van der Waals surface area contributed by atoms with Crippen molar-refractivity contribution in [1.82, 2.24) is 9.13 Å². The van der Waals surface area contributed by atoms with Crippen LogP contribution in [-0.2, 0) is 13.6 Å². The molecule has 7 heteroatoms. The summed E-state index contributed by atoms with van der Waals surface area (Å²) >= 11 is 0.930. The van der Waals surface area contributed by atoms with E-state index in [1.807, 2.05) is 0 Å². The maximum absolute atomic E-state index is 11.9. The summed E-state index contributed by atoms with van der Waals surface area (Å²) in [5, 5.41) is 9.15. The average molecular weight is 254 g/mol. The van der Waals surface area contributed by atoms with Crippen LogP contribution in [0, 0.1) is 0 Å². The maximum Gasteiger partial charge on any atom is 0.345 e. The first-order valence-corrected chi connectivity index (χ1v) is 5.75. The molecule has 0 amide bonds. The molecule has 2 heterocycles. The highest BCUT2D eigenvalue weighted by atomic mass is 32.1. The molecule has 1 N–H and O–H groups in total. The van der Waals surface area contributed by atoms with E-state index in [0.717, 1.165) is 15.9 Å².